The average molecular weight is 323 g/mol. The summed E-state index contributed by atoms with van der Waals surface area (Å²) in [6.45, 7) is 3.36. The van der Waals surface area contributed by atoms with Crippen molar-refractivity contribution in [3.8, 4) is 5.75 Å². The topological polar surface area (TPSA) is 49.2 Å². The van der Waals surface area contributed by atoms with Gasteiger partial charge in [0.2, 0.25) is 5.13 Å². The van der Waals surface area contributed by atoms with E-state index in [1.165, 1.54) is 11.5 Å². The molecular formula is C15H15F2N3OS. The van der Waals surface area contributed by atoms with Crippen LogP contribution in [0.1, 0.15) is 24.2 Å². The van der Waals surface area contributed by atoms with Crippen molar-refractivity contribution in [3.63, 3.8) is 0 Å². The van der Waals surface area contributed by atoms with Crippen LogP contribution in [-0.4, -0.2) is 27.6 Å². The number of hydrogen-bond acceptors (Lipinski definition) is 5. The maximum Gasteiger partial charge on any atom is 0.205 e. The number of nitrogens with zero attached hydrogens (tertiary/aromatic N) is 3. The fourth-order valence-corrected chi connectivity index (χ4v) is 3.18. The van der Waals surface area contributed by atoms with Crippen LogP contribution in [-0.2, 0) is 0 Å². The van der Waals surface area contributed by atoms with Crippen molar-refractivity contribution in [1.82, 2.24) is 9.36 Å². The monoisotopic (exact) mass is 323 g/mol. The molecule has 22 heavy (non-hydrogen) atoms. The van der Waals surface area contributed by atoms with Gasteiger partial charge in [0.25, 0.3) is 0 Å². The van der Waals surface area contributed by atoms with Gasteiger partial charge in [-0.3, -0.25) is 0 Å². The van der Waals surface area contributed by atoms with Crippen molar-refractivity contribution >= 4 is 22.7 Å². The van der Waals surface area contributed by atoms with Crippen molar-refractivity contribution in [2.24, 2.45) is 0 Å². The third-order valence-electron chi connectivity index (χ3n) is 3.61. The molecule has 0 saturated carbocycles. The van der Waals surface area contributed by atoms with Gasteiger partial charge >= 0.3 is 0 Å². The molecule has 0 amide bonds. The SMILES string of the molecule is Cc1nsc(N2CCC(=Cc3c(F)cc(O)cc3F)CC2)n1. The summed E-state index contributed by atoms with van der Waals surface area (Å²) in [6, 6.07) is 1.85. The highest BCUT2D eigenvalue weighted by atomic mass is 32.1. The molecular weight excluding hydrogens is 308 g/mol. The lowest BCUT2D eigenvalue weighted by molar-refractivity contribution is 0.460. The molecule has 7 heteroatoms. The number of piperidine rings is 1. The smallest absolute Gasteiger partial charge is 0.205 e. The van der Waals surface area contributed by atoms with E-state index in [0.717, 1.165) is 54.6 Å². The summed E-state index contributed by atoms with van der Waals surface area (Å²) in [5.74, 6) is -1.13. The normalized spacial score (nSPS) is 15.2. The molecule has 4 nitrogen and oxygen atoms in total. The number of anilines is 1. The zero-order valence-electron chi connectivity index (χ0n) is 12.0. The fraction of sp³-hybridized carbons (Fsp3) is 0.333. The first-order valence-electron chi connectivity index (χ1n) is 6.95. The number of rotatable bonds is 2. The van der Waals surface area contributed by atoms with Gasteiger partial charge in [0.1, 0.15) is 23.2 Å². The van der Waals surface area contributed by atoms with E-state index in [1.54, 1.807) is 6.08 Å². The molecule has 1 aromatic carbocycles. The summed E-state index contributed by atoms with van der Waals surface area (Å²) in [5.41, 5.74) is 0.897. The minimum atomic E-state index is -0.743. The highest BCUT2D eigenvalue weighted by Gasteiger charge is 2.18. The largest absolute Gasteiger partial charge is 0.508 e. The van der Waals surface area contributed by atoms with Gasteiger partial charge in [-0.15, -0.1) is 0 Å². The van der Waals surface area contributed by atoms with Crippen molar-refractivity contribution in [2.75, 3.05) is 18.0 Å². The molecule has 2 aromatic rings. The van der Waals surface area contributed by atoms with Crippen molar-refractivity contribution in [2.45, 2.75) is 19.8 Å². The zero-order chi connectivity index (χ0) is 15.7. The Labute approximate surface area is 130 Å². The molecule has 1 aliphatic rings. The molecule has 0 atom stereocenters. The molecule has 1 saturated heterocycles. The Kier molecular flexibility index (Phi) is 4.06. The van der Waals surface area contributed by atoms with Gasteiger partial charge in [-0.25, -0.2) is 13.8 Å². The Balaban J connectivity index is 1.74. The van der Waals surface area contributed by atoms with Crippen molar-refractivity contribution in [1.29, 1.82) is 0 Å². The van der Waals surface area contributed by atoms with Crippen LogP contribution in [0.25, 0.3) is 6.08 Å². The number of benzene rings is 1. The summed E-state index contributed by atoms with van der Waals surface area (Å²) in [5, 5.41) is 10.1. The second-order valence-electron chi connectivity index (χ2n) is 5.24. The summed E-state index contributed by atoms with van der Waals surface area (Å²) >= 11 is 1.37. The summed E-state index contributed by atoms with van der Waals surface area (Å²) in [7, 11) is 0. The first kappa shape index (κ1) is 14.9. The molecule has 0 spiro atoms. The number of phenolic OH excluding ortho intramolecular Hbond substituents is 1. The third kappa shape index (κ3) is 3.09. The molecule has 0 aliphatic carbocycles. The predicted molar refractivity (Wildman–Crippen MR) is 82.1 cm³/mol. The van der Waals surface area contributed by atoms with Gasteiger partial charge in [-0.1, -0.05) is 5.57 Å². The van der Waals surface area contributed by atoms with Crippen LogP contribution in [0.15, 0.2) is 17.7 Å². The first-order chi connectivity index (χ1) is 10.5. The second kappa shape index (κ2) is 6.00. The Morgan fingerprint density at radius 3 is 2.41 bits per heavy atom. The maximum atomic E-state index is 13.7. The first-order valence-corrected chi connectivity index (χ1v) is 7.73. The molecule has 0 radical (unpaired) electrons. The molecule has 0 bridgehead atoms. The Morgan fingerprint density at radius 2 is 1.86 bits per heavy atom. The van der Waals surface area contributed by atoms with Gasteiger partial charge < -0.3 is 10.0 Å². The molecule has 1 N–H and O–H groups in total. The maximum absolute atomic E-state index is 13.7. The molecule has 0 unspecified atom stereocenters. The van der Waals surface area contributed by atoms with E-state index in [2.05, 4.69) is 14.3 Å². The van der Waals surface area contributed by atoms with E-state index in [4.69, 9.17) is 5.11 Å². The lowest BCUT2D eigenvalue weighted by atomic mass is 10.0. The summed E-state index contributed by atoms with van der Waals surface area (Å²) in [6.07, 6.45) is 2.99. The van der Waals surface area contributed by atoms with Crippen molar-refractivity contribution in [3.05, 3.63) is 40.7 Å². The van der Waals surface area contributed by atoms with Crippen LogP contribution in [0.5, 0.6) is 5.75 Å². The van der Waals surface area contributed by atoms with Gasteiger partial charge in [0.05, 0.1) is 0 Å². The van der Waals surface area contributed by atoms with Crippen LogP contribution in [0.2, 0.25) is 0 Å². The van der Waals surface area contributed by atoms with Crippen LogP contribution in [0, 0.1) is 18.6 Å². The standard InChI is InChI=1S/C15H15F2N3OS/c1-9-18-15(22-19-9)20-4-2-10(3-5-20)6-12-13(16)7-11(21)8-14(12)17/h6-8,21H,2-5H2,1H3. The number of halogens is 2. The van der Waals surface area contributed by atoms with E-state index >= 15 is 0 Å². The molecule has 2 heterocycles. The molecule has 1 aliphatic heterocycles. The van der Waals surface area contributed by atoms with Crippen LogP contribution < -0.4 is 4.90 Å². The zero-order valence-corrected chi connectivity index (χ0v) is 12.8. The number of aryl methyl sites for hydroxylation is 1. The number of phenols is 1. The van der Waals surface area contributed by atoms with Gasteiger partial charge in [0, 0.05) is 42.3 Å². The highest BCUT2D eigenvalue weighted by Crippen LogP contribution is 2.28. The van der Waals surface area contributed by atoms with Gasteiger partial charge in [-0.05, 0) is 25.8 Å². The van der Waals surface area contributed by atoms with Crippen molar-refractivity contribution < 1.29 is 13.9 Å². The lowest BCUT2D eigenvalue weighted by Crippen LogP contribution is -2.30. The number of aromatic nitrogens is 2. The van der Waals surface area contributed by atoms with Gasteiger partial charge in [0.15, 0.2) is 0 Å². The number of hydrogen-bond donors (Lipinski definition) is 1. The quantitative estimate of drug-likeness (QED) is 0.919. The lowest BCUT2D eigenvalue weighted by Gasteiger charge is -2.27. The molecule has 1 aromatic heterocycles. The van der Waals surface area contributed by atoms with Crippen LogP contribution in [0.4, 0.5) is 13.9 Å². The van der Waals surface area contributed by atoms with Gasteiger partial charge in [-0.2, -0.15) is 4.37 Å². The Morgan fingerprint density at radius 1 is 1.23 bits per heavy atom. The Hall–Kier alpha value is -2.02. The van der Waals surface area contributed by atoms with E-state index in [0.29, 0.717) is 0 Å². The Bertz CT molecular complexity index is 696. The fourth-order valence-electron chi connectivity index (χ4n) is 2.46. The second-order valence-corrected chi connectivity index (χ2v) is 5.97. The van der Waals surface area contributed by atoms with E-state index in [9.17, 15) is 8.78 Å². The number of aromatic hydroxyl groups is 1. The minimum absolute atomic E-state index is 0.0898. The van der Waals surface area contributed by atoms with E-state index < -0.39 is 17.4 Å². The van der Waals surface area contributed by atoms with E-state index in [1.807, 2.05) is 6.92 Å². The van der Waals surface area contributed by atoms with Crippen LogP contribution in [0.3, 0.4) is 0 Å². The minimum Gasteiger partial charge on any atom is -0.508 e. The molecule has 3 rings (SSSR count). The molecule has 1 fully saturated rings. The van der Waals surface area contributed by atoms with E-state index in [-0.39, 0.29) is 5.56 Å². The molecule has 116 valence electrons. The summed E-state index contributed by atoms with van der Waals surface area (Å²) < 4.78 is 31.6. The van der Waals surface area contributed by atoms with Crippen LogP contribution >= 0.6 is 11.5 Å². The third-order valence-corrected chi connectivity index (χ3v) is 4.47. The highest BCUT2D eigenvalue weighted by molar-refractivity contribution is 7.09. The predicted octanol–water partition coefficient (Wildman–Crippen LogP) is 3.51. The summed E-state index contributed by atoms with van der Waals surface area (Å²) in [4.78, 5) is 6.48. The average Bonchev–Trinajstić information content (AvgIpc) is 2.90.